The third-order valence-electron chi connectivity index (χ3n) is 2.88. The van der Waals surface area contributed by atoms with Crippen LogP contribution in [0.3, 0.4) is 0 Å². The zero-order chi connectivity index (χ0) is 12.7. The predicted octanol–water partition coefficient (Wildman–Crippen LogP) is 4.29. The molecular weight excluding hydrogens is 208 g/mol. The summed E-state index contributed by atoms with van der Waals surface area (Å²) in [6.45, 7) is 7.92. The van der Waals surface area contributed by atoms with E-state index in [0.29, 0.717) is 5.41 Å². The van der Waals surface area contributed by atoms with Crippen molar-refractivity contribution in [2.75, 3.05) is 17.6 Å². The van der Waals surface area contributed by atoms with Gasteiger partial charge < -0.3 is 11.1 Å². The summed E-state index contributed by atoms with van der Waals surface area (Å²) in [5.74, 6) is 0. The Balaban J connectivity index is 2.11. The molecule has 0 atom stereocenters. The fourth-order valence-electron chi connectivity index (χ4n) is 1.84. The lowest BCUT2D eigenvalue weighted by atomic mass is 9.89. The van der Waals surface area contributed by atoms with Crippen molar-refractivity contribution in [1.82, 2.24) is 0 Å². The van der Waals surface area contributed by atoms with E-state index in [-0.39, 0.29) is 0 Å². The van der Waals surface area contributed by atoms with Crippen LogP contribution >= 0.6 is 0 Å². The molecule has 1 aromatic carbocycles. The molecule has 1 rings (SSSR count). The zero-order valence-electron chi connectivity index (χ0n) is 11.4. The van der Waals surface area contributed by atoms with Gasteiger partial charge in [-0.3, -0.25) is 0 Å². The Morgan fingerprint density at radius 2 is 1.76 bits per heavy atom. The summed E-state index contributed by atoms with van der Waals surface area (Å²) in [5.41, 5.74) is 8.22. The Bertz CT molecular complexity index is 326. The van der Waals surface area contributed by atoms with Crippen molar-refractivity contribution in [3.8, 4) is 0 Å². The lowest BCUT2D eigenvalue weighted by Gasteiger charge is -2.17. The molecule has 0 unspecified atom stereocenters. The van der Waals surface area contributed by atoms with Crippen molar-refractivity contribution in [1.29, 1.82) is 0 Å². The third-order valence-corrected chi connectivity index (χ3v) is 2.88. The van der Waals surface area contributed by atoms with Gasteiger partial charge in [-0.25, -0.2) is 0 Å². The first kappa shape index (κ1) is 13.9. The van der Waals surface area contributed by atoms with E-state index in [1.54, 1.807) is 0 Å². The predicted molar refractivity (Wildman–Crippen MR) is 77.3 cm³/mol. The van der Waals surface area contributed by atoms with Crippen LogP contribution in [-0.4, -0.2) is 6.54 Å². The molecule has 0 saturated carbocycles. The van der Waals surface area contributed by atoms with Crippen molar-refractivity contribution in [2.45, 2.75) is 46.5 Å². The van der Waals surface area contributed by atoms with Gasteiger partial charge in [0, 0.05) is 6.54 Å². The number of nitrogens with one attached hydrogen (secondary N) is 1. The Morgan fingerprint density at radius 3 is 2.41 bits per heavy atom. The van der Waals surface area contributed by atoms with Crippen molar-refractivity contribution in [2.24, 2.45) is 5.41 Å². The molecular formula is C15H26N2. The number of nitrogens with two attached hydrogens (primary N) is 1. The fourth-order valence-corrected chi connectivity index (χ4v) is 1.84. The topological polar surface area (TPSA) is 38.0 Å². The van der Waals surface area contributed by atoms with Crippen molar-refractivity contribution < 1.29 is 0 Å². The summed E-state index contributed by atoms with van der Waals surface area (Å²) in [5, 5.41) is 3.39. The number of hydrogen-bond acceptors (Lipinski definition) is 2. The monoisotopic (exact) mass is 234 g/mol. The summed E-state index contributed by atoms with van der Waals surface area (Å²) in [6.07, 6.45) is 5.12. The van der Waals surface area contributed by atoms with Gasteiger partial charge in [0.2, 0.25) is 0 Å². The highest BCUT2D eigenvalue weighted by molar-refractivity contribution is 5.65. The first-order valence-corrected chi connectivity index (χ1v) is 6.57. The summed E-state index contributed by atoms with van der Waals surface area (Å²) in [4.78, 5) is 0. The van der Waals surface area contributed by atoms with Crippen LogP contribution in [0.25, 0.3) is 0 Å². The van der Waals surface area contributed by atoms with Crippen LogP contribution in [0, 0.1) is 5.41 Å². The second kappa shape index (κ2) is 6.53. The average molecular weight is 234 g/mol. The standard InChI is InChI=1S/C15H26N2/c1-15(2,3)11-7-4-8-12-17-14-10-6-5-9-13(14)16/h5-6,9-10,17H,4,7-8,11-12,16H2,1-3H3. The van der Waals surface area contributed by atoms with E-state index in [0.717, 1.165) is 17.9 Å². The molecule has 0 fully saturated rings. The van der Waals surface area contributed by atoms with E-state index in [2.05, 4.69) is 26.1 Å². The SMILES string of the molecule is CC(C)(C)CCCCCNc1ccccc1N. The van der Waals surface area contributed by atoms with E-state index in [1.165, 1.54) is 25.7 Å². The largest absolute Gasteiger partial charge is 0.397 e. The number of nitrogen functional groups attached to an aromatic ring is 1. The van der Waals surface area contributed by atoms with Gasteiger partial charge in [-0.15, -0.1) is 0 Å². The Morgan fingerprint density at radius 1 is 1.06 bits per heavy atom. The molecule has 2 heteroatoms. The lowest BCUT2D eigenvalue weighted by molar-refractivity contribution is 0.359. The van der Waals surface area contributed by atoms with E-state index >= 15 is 0 Å². The summed E-state index contributed by atoms with van der Waals surface area (Å²) >= 11 is 0. The number of para-hydroxylation sites is 2. The molecule has 0 aliphatic carbocycles. The molecule has 0 saturated heterocycles. The van der Waals surface area contributed by atoms with Gasteiger partial charge in [-0.05, 0) is 30.4 Å². The first-order valence-electron chi connectivity index (χ1n) is 6.57. The van der Waals surface area contributed by atoms with Gasteiger partial charge in [0.25, 0.3) is 0 Å². The normalized spacial score (nSPS) is 11.5. The number of hydrogen-bond donors (Lipinski definition) is 2. The third kappa shape index (κ3) is 6.20. The Kier molecular flexibility index (Phi) is 5.33. The highest BCUT2D eigenvalue weighted by atomic mass is 14.9. The molecule has 0 aliphatic rings. The van der Waals surface area contributed by atoms with Gasteiger partial charge >= 0.3 is 0 Å². The van der Waals surface area contributed by atoms with Crippen LogP contribution in [0.5, 0.6) is 0 Å². The molecule has 0 bridgehead atoms. The highest BCUT2D eigenvalue weighted by Crippen LogP contribution is 2.22. The molecule has 2 nitrogen and oxygen atoms in total. The van der Waals surface area contributed by atoms with Crippen LogP contribution in [-0.2, 0) is 0 Å². The van der Waals surface area contributed by atoms with Gasteiger partial charge in [-0.2, -0.15) is 0 Å². The maximum Gasteiger partial charge on any atom is 0.0573 e. The Labute approximate surface area is 106 Å². The van der Waals surface area contributed by atoms with E-state index < -0.39 is 0 Å². The summed E-state index contributed by atoms with van der Waals surface area (Å²) in [6, 6.07) is 7.94. The Hall–Kier alpha value is -1.18. The van der Waals surface area contributed by atoms with Crippen LogP contribution < -0.4 is 11.1 Å². The molecule has 0 heterocycles. The minimum absolute atomic E-state index is 0.470. The van der Waals surface area contributed by atoms with Crippen LogP contribution in [0.4, 0.5) is 11.4 Å². The lowest BCUT2D eigenvalue weighted by Crippen LogP contribution is -2.06. The summed E-state index contributed by atoms with van der Waals surface area (Å²) < 4.78 is 0. The second-order valence-electron chi connectivity index (χ2n) is 5.89. The van der Waals surface area contributed by atoms with Crippen LogP contribution in [0.2, 0.25) is 0 Å². The molecule has 0 amide bonds. The van der Waals surface area contributed by atoms with Crippen molar-refractivity contribution in [3.63, 3.8) is 0 Å². The second-order valence-corrected chi connectivity index (χ2v) is 5.89. The van der Waals surface area contributed by atoms with E-state index in [1.807, 2.05) is 24.3 Å². The smallest absolute Gasteiger partial charge is 0.0573 e. The van der Waals surface area contributed by atoms with Gasteiger partial charge in [0.15, 0.2) is 0 Å². The molecule has 1 aromatic rings. The summed E-state index contributed by atoms with van der Waals surface area (Å²) in [7, 11) is 0. The van der Waals surface area contributed by atoms with Crippen molar-refractivity contribution in [3.05, 3.63) is 24.3 Å². The highest BCUT2D eigenvalue weighted by Gasteiger charge is 2.08. The minimum atomic E-state index is 0.470. The molecule has 3 N–H and O–H groups in total. The van der Waals surface area contributed by atoms with Crippen LogP contribution in [0.1, 0.15) is 46.5 Å². The molecule has 0 aliphatic heterocycles. The van der Waals surface area contributed by atoms with Crippen molar-refractivity contribution >= 4 is 11.4 Å². The minimum Gasteiger partial charge on any atom is -0.397 e. The number of rotatable bonds is 6. The quantitative estimate of drug-likeness (QED) is 0.569. The van der Waals surface area contributed by atoms with Crippen LogP contribution in [0.15, 0.2) is 24.3 Å². The average Bonchev–Trinajstić information content (AvgIpc) is 2.24. The molecule has 96 valence electrons. The molecule has 17 heavy (non-hydrogen) atoms. The number of unbranched alkanes of at least 4 members (excludes halogenated alkanes) is 2. The fraction of sp³-hybridized carbons (Fsp3) is 0.600. The molecule has 0 aromatic heterocycles. The van der Waals surface area contributed by atoms with Gasteiger partial charge in [0.1, 0.15) is 0 Å². The molecule has 0 spiro atoms. The maximum absolute atomic E-state index is 5.86. The zero-order valence-corrected chi connectivity index (χ0v) is 11.4. The number of benzene rings is 1. The first-order chi connectivity index (χ1) is 7.99. The van der Waals surface area contributed by atoms with Gasteiger partial charge in [0.05, 0.1) is 11.4 Å². The van der Waals surface area contributed by atoms with E-state index in [9.17, 15) is 0 Å². The maximum atomic E-state index is 5.86. The van der Waals surface area contributed by atoms with E-state index in [4.69, 9.17) is 5.73 Å². The number of anilines is 2. The molecule has 0 radical (unpaired) electrons. The van der Waals surface area contributed by atoms with Gasteiger partial charge in [-0.1, -0.05) is 45.7 Å².